The number of rotatable bonds is 5. The largest absolute Gasteiger partial charge is 0.488 e. The van der Waals surface area contributed by atoms with Crippen LogP contribution in [0.2, 0.25) is 0 Å². The van der Waals surface area contributed by atoms with Crippen molar-refractivity contribution in [3.63, 3.8) is 0 Å². The van der Waals surface area contributed by atoms with Crippen molar-refractivity contribution in [2.45, 2.75) is 32.1 Å². The average Bonchev–Trinajstić information content (AvgIpc) is 2.98. The number of amides is 3. The molecule has 1 atom stereocenters. The molecule has 1 unspecified atom stereocenters. The summed E-state index contributed by atoms with van der Waals surface area (Å²) in [5, 5.41) is 11.7. The van der Waals surface area contributed by atoms with Crippen LogP contribution in [-0.4, -0.2) is 33.8 Å². The van der Waals surface area contributed by atoms with E-state index in [2.05, 4.69) is 11.9 Å². The molecule has 0 aliphatic carbocycles. The van der Waals surface area contributed by atoms with E-state index in [9.17, 15) is 14.4 Å². The summed E-state index contributed by atoms with van der Waals surface area (Å²) in [6.45, 7) is 3.89. The van der Waals surface area contributed by atoms with Gasteiger partial charge in [0.25, 0.3) is 11.8 Å². The summed E-state index contributed by atoms with van der Waals surface area (Å²) in [6.07, 6.45) is 0.862. The number of imide groups is 1. The van der Waals surface area contributed by atoms with Gasteiger partial charge in [-0.15, -0.1) is 0 Å². The van der Waals surface area contributed by atoms with Gasteiger partial charge in [-0.3, -0.25) is 19.3 Å². The Morgan fingerprint density at radius 2 is 1.79 bits per heavy atom. The van der Waals surface area contributed by atoms with E-state index in [-0.39, 0.29) is 24.3 Å². The minimum absolute atomic E-state index is 0.0398. The van der Waals surface area contributed by atoms with Crippen LogP contribution in [0.5, 0.6) is 5.75 Å². The third kappa shape index (κ3) is 3.40. The number of benzene rings is 2. The second-order valence-corrected chi connectivity index (χ2v) is 7.07. The molecule has 2 aliphatic heterocycles. The highest BCUT2D eigenvalue weighted by atomic mass is 16.5. The number of carbonyl (C=O) groups excluding carboxylic acids is 3. The Bertz CT molecular complexity index is 1010. The van der Waals surface area contributed by atoms with Gasteiger partial charge in [0.1, 0.15) is 18.4 Å². The minimum Gasteiger partial charge on any atom is -0.488 e. The van der Waals surface area contributed by atoms with Gasteiger partial charge in [-0.1, -0.05) is 36.9 Å². The molecular weight excluding hydrogens is 372 g/mol. The van der Waals surface area contributed by atoms with E-state index in [0.29, 0.717) is 24.3 Å². The molecular formula is C22H20N2O5. The Morgan fingerprint density at radius 3 is 2.48 bits per heavy atom. The summed E-state index contributed by atoms with van der Waals surface area (Å²) in [4.78, 5) is 39.2. The molecule has 2 aromatic rings. The maximum Gasteiger partial charge on any atom is 0.266 e. The SMILES string of the molecule is C=C1CCC(N2C(=O)c3cccc(OCc4ccc(CO)cc4)c3C2=O)C(=O)N1. The molecule has 2 N–H and O–H groups in total. The number of piperidine rings is 1. The minimum atomic E-state index is -0.855. The topological polar surface area (TPSA) is 95.9 Å². The molecule has 29 heavy (non-hydrogen) atoms. The summed E-state index contributed by atoms with van der Waals surface area (Å²) < 4.78 is 5.83. The number of ether oxygens (including phenoxy) is 1. The van der Waals surface area contributed by atoms with Crippen molar-refractivity contribution in [1.82, 2.24) is 10.2 Å². The Morgan fingerprint density at radius 1 is 1.07 bits per heavy atom. The summed E-state index contributed by atoms with van der Waals surface area (Å²) in [7, 11) is 0. The Kier molecular flexibility index (Phi) is 4.90. The number of carbonyl (C=O) groups is 3. The van der Waals surface area contributed by atoms with E-state index in [1.807, 2.05) is 12.1 Å². The van der Waals surface area contributed by atoms with E-state index in [0.717, 1.165) is 16.0 Å². The van der Waals surface area contributed by atoms with Gasteiger partial charge in [0.15, 0.2) is 0 Å². The molecule has 7 heteroatoms. The molecule has 2 heterocycles. The van der Waals surface area contributed by atoms with Crippen LogP contribution in [0.4, 0.5) is 0 Å². The quantitative estimate of drug-likeness (QED) is 0.760. The number of nitrogens with one attached hydrogen (secondary N) is 1. The zero-order valence-electron chi connectivity index (χ0n) is 15.7. The van der Waals surface area contributed by atoms with E-state index in [1.54, 1.807) is 30.3 Å². The molecule has 0 bridgehead atoms. The Hall–Kier alpha value is -3.45. The molecule has 0 spiro atoms. The van der Waals surface area contributed by atoms with Crippen molar-refractivity contribution in [3.8, 4) is 5.75 Å². The van der Waals surface area contributed by atoms with Gasteiger partial charge in [0, 0.05) is 5.70 Å². The molecule has 1 saturated heterocycles. The van der Waals surface area contributed by atoms with Crippen LogP contribution < -0.4 is 10.1 Å². The number of allylic oxidation sites excluding steroid dienone is 1. The predicted octanol–water partition coefficient (Wildman–Crippen LogP) is 2.15. The highest BCUT2D eigenvalue weighted by Gasteiger charge is 2.45. The molecule has 3 amide bonds. The molecule has 1 fully saturated rings. The van der Waals surface area contributed by atoms with Crippen molar-refractivity contribution in [2.75, 3.05) is 0 Å². The standard InChI is InChI=1S/C22H20N2O5/c1-13-5-10-17(20(26)23-13)24-21(27)16-3-2-4-18(19(16)22(24)28)29-12-15-8-6-14(11-25)7-9-15/h2-4,6-9,17,25H,1,5,10-12H2,(H,23,26). The zero-order chi connectivity index (χ0) is 20.5. The van der Waals surface area contributed by atoms with Gasteiger partial charge >= 0.3 is 0 Å². The van der Waals surface area contributed by atoms with Crippen molar-refractivity contribution in [2.24, 2.45) is 0 Å². The maximum atomic E-state index is 13.0. The highest BCUT2D eigenvalue weighted by Crippen LogP contribution is 2.34. The lowest BCUT2D eigenvalue weighted by Crippen LogP contribution is -2.51. The molecule has 7 nitrogen and oxygen atoms in total. The summed E-state index contributed by atoms with van der Waals surface area (Å²) in [5.74, 6) is -1.11. The lowest BCUT2D eigenvalue weighted by Gasteiger charge is -2.29. The van der Waals surface area contributed by atoms with Crippen LogP contribution in [0.3, 0.4) is 0 Å². The number of hydrogen-bond acceptors (Lipinski definition) is 5. The second kappa shape index (κ2) is 7.52. The smallest absolute Gasteiger partial charge is 0.266 e. The first-order valence-corrected chi connectivity index (χ1v) is 9.30. The lowest BCUT2D eigenvalue weighted by atomic mass is 10.0. The predicted molar refractivity (Wildman–Crippen MR) is 104 cm³/mol. The number of aliphatic hydroxyl groups excluding tert-OH is 1. The molecule has 4 rings (SSSR count). The number of nitrogens with zero attached hydrogens (tertiary/aromatic N) is 1. The summed E-state index contributed by atoms with van der Waals surface area (Å²) in [5.41, 5.74) is 2.65. The van der Waals surface area contributed by atoms with Gasteiger partial charge in [0.2, 0.25) is 5.91 Å². The first-order valence-electron chi connectivity index (χ1n) is 9.30. The zero-order valence-corrected chi connectivity index (χ0v) is 15.7. The van der Waals surface area contributed by atoms with E-state index in [4.69, 9.17) is 9.84 Å². The fourth-order valence-electron chi connectivity index (χ4n) is 3.59. The van der Waals surface area contributed by atoms with Crippen molar-refractivity contribution >= 4 is 17.7 Å². The van der Waals surface area contributed by atoms with Crippen molar-refractivity contribution in [1.29, 1.82) is 0 Å². The van der Waals surface area contributed by atoms with E-state index >= 15 is 0 Å². The molecule has 148 valence electrons. The van der Waals surface area contributed by atoms with Crippen LogP contribution >= 0.6 is 0 Å². The third-order valence-electron chi connectivity index (χ3n) is 5.14. The molecule has 2 aromatic carbocycles. The van der Waals surface area contributed by atoms with Crippen LogP contribution in [0.25, 0.3) is 0 Å². The van der Waals surface area contributed by atoms with Crippen LogP contribution in [0.1, 0.15) is 44.7 Å². The fraction of sp³-hybridized carbons (Fsp3) is 0.227. The molecule has 0 saturated carbocycles. The first-order chi connectivity index (χ1) is 14.0. The fourth-order valence-corrected chi connectivity index (χ4v) is 3.59. The van der Waals surface area contributed by atoms with Gasteiger partial charge in [-0.2, -0.15) is 0 Å². The van der Waals surface area contributed by atoms with Crippen LogP contribution in [0.15, 0.2) is 54.7 Å². The number of aliphatic hydroxyl groups is 1. The molecule has 0 radical (unpaired) electrons. The van der Waals surface area contributed by atoms with Gasteiger partial charge in [-0.05, 0) is 36.1 Å². The third-order valence-corrected chi connectivity index (χ3v) is 5.14. The summed E-state index contributed by atoms with van der Waals surface area (Å²) >= 11 is 0. The lowest BCUT2D eigenvalue weighted by molar-refractivity contribution is -0.125. The molecule has 2 aliphatic rings. The van der Waals surface area contributed by atoms with E-state index in [1.165, 1.54) is 0 Å². The van der Waals surface area contributed by atoms with Gasteiger partial charge in [0.05, 0.1) is 17.7 Å². The van der Waals surface area contributed by atoms with Gasteiger partial charge in [-0.25, -0.2) is 0 Å². The van der Waals surface area contributed by atoms with Crippen LogP contribution in [0, 0.1) is 0 Å². The van der Waals surface area contributed by atoms with Gasteiger partial charge < -0.3 is 15.2 Å². The number of hydrogen-bond donors (Lipinski definition) is 2. The van der Waals surface area contributed by atoms with Crippen molar-refractivity contribution < 1.29 is 24.2 Å². The van der Waals surface area contributed by atoms with E-state index < -0.39 is 23.8 Å². The first kappa shape index (κ1) is 18.9. The number of fused-ring (bicyclic) bond motifs is 1. The molecule has 0 aromatic heterocycles. The second-order valence-electron chi connectivity index (χ2n) is 7.07. The monoisotopic (exact) mass is 392 g/mol. The normalized spacial score (nSPS) is 18.7. The summed E-state index contributed by atoms with van der Waals surface area (Å²) in [6, 6.07) is 11.2. The average molecular weight is 392 g/mol. The Balaban J connectivity index is 1.57. The maximum absolute atomic E-state index is 13.0. The van der Waals surface area contributed by atoms with Crippen LogP contribution in [-0.2, 0) is 18.0 Å². The Labute approximate surface area is 167 Å². The van der Waals surface area contributed by atoms with Crippen molar-refractivity contribution in [3.05, 3.63) is 77.0 Å². The highest BCUT2D eigenvalue weighted by molar-refractivity contribution is 6.24.